The first-order chi connectivity index (χ1) is 15.2. The number of ether oxygens (including phenoxy) is 2. The molecule has 3 aromatic rings. The predicted octanol–water partition coefficient (Wildman–Crippen LogP) is 4.28. The Morgan fingerprint density at radius 2 is 1.71 bits per heavy atom. The molecule has 1 atom stereocenters. The Bertz CT molecular complexity index is 1010. The summed E-state index contributed by atoms with van der Waals surface area (Å²) in [6.07, 6.45) is 0.702. The summed E-state index contributed by atoms with van der Waals surface area (Å²) < 4.78 is 11.5. The minimum atomic E-state index is -0.135. The molecule has 1 aliphatic rings. The number of benzene rings is 3. The van der Waals surface area contributed by atoms with Crippen molar-refractivity contribution in [2.45, 2.75) is 25.6 Å². The van der Waals surface area contributed by atoms with Crippen molar-refractivity contribution in [3.63, 3.8) is 0 Å². The summed E-state index contributed by atoms with van der Waals surface area (Å²) in [5.41, 5.74) is 4.35. The van der Waals surface area contributed by atoms with Crippen LogP contribution in [0.3, 0.4) is 0 Å². The van der Waals surface area contributed by atoms with E-state index in [1.165, 1.54) is 5.56 Å². The first-order valence-electron chi connectivity index (χ1n) is 10.6. The number of methoxy groups -OCH3 is 1. The second kappa shape index (κ2) is 10.1. The number of anilines is 1. The number of carbonyl (C=O) groups excluding carboxylic acids is 1. The Hall–Kier alpha value is -3.31. The second-order valence-electron chi connectivity index (χ2n) is 7.73. The quantitative estimate of drug-likeness (QED) is 0.690. The molecular weight excluding hydrogens is 388 g/mol. The van der Waals surface area contributed by atoms with Crippen LogP contribution in [0.25, 0.3) is 0 Å². The third-order valence-electron chi connectivity index (χ3n) is 5.57. The molecule has 0 aliphatic carbocycles. The summed E-state index contributed by atoms with van der Waals surface area (Å²) in [4.78, 5) is 15.0. The summed E-state index contributed by atoms with van der Waals surface area (Å²) in [5, 5.41) is 3.52. The summed E-state index contributed by atoms with van der Waals surface area (Å²) in [6.45, 7) is 1.59. The number of nitrogens with zero attached hydrogens (tertiary/aromatic N) is 1. The molecule has 4 rings (SSSR count). The number of amides is 1. The van der Waals surface area contributed by atoms with Gasteiger partial charge in [0.2, 0.25) is 5.91 Å². The van der Waals surface area contributed by atoms with E-state index in [0.29, 0.717) is 26.1 Å². The van der Waals surface area contributed by atoms with Gasteiger partial charge in [-0.3, -0.25) is 4.79 Å². The summed E-state index contributed by atoms with van der Waals surface area (Å²) in [6, 6.07) is 26.3. The lowest BCUT2D eigenvalue weighted by Gasteiger charge is -2.32. The lowest BCUT2D eigenvalue weighted by Crippen LogP contribution is -2.46. The van der Waals surface area contributed by atoms with Gasteiger partial charge in [-0.1, -0.05) is 66.7 Å². The summed E-state index contributed by atoms with van der Waals surface area (Å²) >= 11 is 0. The number of para-hydroxylation sites is 2. The van der Waals surface area contributed by atoms with Gasteiger partial charge in [-0.15, -0.1) is 0 Å². The van der Waals surface area contributed by atoms with Crippen LogP contribution in [0.1, 0.15) is 16.7 Å². The number of carbonyl (C=O) groups is 1. The van der Waals surface area contributed by atoms with E-state index >= 15 is 0 Å². The van der Waals surface area contributed by atoms with E-state index in [4.69, 9.17) is 9.47 Å². The Kier molecular flexibility index (Phi) is 6.85. The maximum atomic E-state index is 13.1. The maximum Gasteiger partial charge on any atom is 0.249 e. The Morgan fingerprint density at radius 3 is 2.52 bits per heavy atom. The van der Waals surface area contributed by atoms with Crippen molar-refractivity contribution in [3.05, 3.63) is 95.6 Å². The molecule has 0 saturated carbocycles. The Balaban J connectivity index is 1.74. The van der Waals surface area contributed by atoms with E-state index in [1.807, 2.05) is 53.4 Å². The molecule has 0 aromatic heterocycles. The molecule has 0 spiro atoms. The third kappa shape index (κ3) is 5.25. The van der Waals surface area contributed by atoms with Crippen molar-refractivity contribution in [2.24, 2.45) is 0 Å². The van der Waals surface area contributed by atoms with Crippen LogP contribution in [0.4, 0.5) is 5.69 Å². The van der Waals surface area contributed by atoms with Gasteiger partial charge in [0.1, 0.15) is 19.0 Å². The van der Waals surface area contributed by atoms with Gasteiger partial charge >= 0.3 is 0 Å². The van der Waals surface area contributed by atoms with Gasteiger partial charge in [-0.25, -0.2) is 0 Å². The van der Waals surface area contributed by atoms with Gasteiger partial charge in [-0.05, 0) is 29.7 Å². The zero-order chi connectivity index (χ0) is 21.5. The van der Waals surface area contributed by atoms with Crippen LogP contribution in [0, 0.1) is 0 Å². The molecule has 3 aromatic carbocycles. The van der Waals surface area contributed by atoms with E-state index in [9.17, 15) is 4.79 Å². The zero-order valence-corrected chi connectivity index (χ0v) is 17.8. The highest BCUT2D eigenvalue weighted by Crippen LogP contribution is 2.26. The third-order valence-corrected chi connectivity index (χ3v) is 5.57. The molecule has 0 bridgehead atoms. The van der Waals surface area contributed by atoms with Crippen molar-refractivity contribution in [2.75, 3.05) is 25.6 Å². The Labute approximate surface area is 183 Å². The molecule has 0 radical (unpaired) electrons. The van der Waals surface area contributed by atoms with Crippen LogP contribution in [-0.2, 0) is 29.0 Å². The molecule has 31 heavy (non-hydrogen) atoms. The van der Waals surface area contributed by atoms with Crippen LogP contribution < -0.4 is 10.1 Å². The van der Waals surface area contributed by atoms with E-state index < -0.39 is 0 Å². The van der Waals surface area contributed by atoms with Crippen LogP contribution in [-0.4, -0.2) is 37.2 Å². The summed E-state index contributed by atoms with van der Waals surface area (Å²) in [7, 11) is 1.55. The van der Waals surface area contributed by atoms with Crippen LogP contribution in [0.2, 0.25) is 0 Å². The molecule has 0 saturated heterocycles. The monoisotopic (exact) mass is 416 g/mol. The topological polar surface area (TPSA) is 50.8 Å². The molecule has 5 heteroatoms. The fourth-order valence-electron chi connectivity index (χ4n) is 3.95. The van der Waals surface area contributed by atoms with Gasteiger partial charge in [-0.2, -0.15) is 0 Å². The lowest BCUT2D eigenvalue weighted by molar-refractivity contribution is -0.139. The molecule has 1 amide bonds. The minimum Gasteiger partial charge on any atom is -0.491 e. The van der Waals surface area contributed by atoms with Crippen molar-refractivity contribution in [1.82, 2.24) is 4.90 Å². The van der Waals surface area contributed by atoms with E-state index in [1.54, 1.807) is 7.11 Å². The van der Waals surface area contributed by atoms with Crippen molar-refractivity contribution in [3.8, 4) is 5.75 Å². The molecule has 1 aliphatic heterocycles. The van der Waals surface area contributed by atoms with Gasteiger partial charge in [0, 0.05) is 31.5 Å². The highest BCUT2D eigenvalue weighted by atomic mass is 16.5. The molecule has 5 nitrogen and oxygen atoms in total. The highest BCUT2D eigenvalue weighted by molar-refractivity contribution is 5.78. The zero-order valence-electron chi connectivity index (χ0n) is 17.8. The highest BCUT2D eigenvalue weighted by Gasteiger charge is 2.26. The first-order valence-corrected chi connectivity index (χ1v) is 10.6. The fraction of sp³-hybridized carbons (Fsp3) is 0.269. The average Bonchev–Trinajstić information content (AvgIpc) is 2.83. The first kappa shape index (κ1) is 20.9. The molecule has 1 N–H and O–H groups in total. The molecule has 1 heterocycles. The summed E-state index contributed by atoms with van der Waals surface area (Å²) in [5.74, 6) is 0.793. The van der Waals surface area contributed by atoms with E-state index in [0.717, 1.165) is 22.6 Å². The number of hydrogen-bond acceptors (Lipinski definition) is 4. The fourth-order valence-corrected chi connectivity index (χ4v) is 3.95. The maximum absolute atomic E-state index is 13.1. The number of rotatable bonds is 4. The van der Waals surface area contributed by atoms with Crippen molar-refractivity contribution >= 4 is 11.6 Å². The molecular formula is C26H28N2O3. The van der Waals surface area contributed by atoms with Crippen LogP contribution in [0.5, 0.6) is 5.75 Å². The number of nitrogens with one attached hydrogen (secondary N) is 1. The lowest BCUT2D eigenvalue weighted by atomic mass is 10.0. The van der Waals surface area contributed by atoms with Gasteiger partial charge in [0.15, 0.2) is 0 Å². The smallest absolute Gasteiger partial charge is 0.249 e. The molecule has 0 unspecified atom stereocenters. The number of hydrogen-bond donors (Lipinski definition) is 1. The van der Waals surface area contributed by atoms with Crippen molar-refractivity contribution in [1.29, 1.82) is 0 Å². The van der Waals surface area contributed by atoms with Crippen molar-refractivity contribution < 1.29 is 14.3 Å². The van der Waals surface area contributed by atoms with Gasteiger partial charge < -0.3 is 19.7 Å². The standard InChI is InChI=1S/C26H28N2O3/c1-30-19-26(29)28-17-22-12-5-7-13-24(22)27-16-21-11-6-8-14-25(21)31-18-23(28)15-20-9-3-2-4-10-20/h2-14,23,27H,15-19H2,1H3/t23-/m0/s1. The molecule has 0 fully saturated rings. The van der Waals surface area contributed by atoms with E-state index in [-0.39, 0.29) is 18.6 Å². The van der Waals surface area contributed by atoms with Gasteiger partial charge in [0.25, 0.3) is 0 Å². The number of fused-ring (bicyclic) bond motifs is 2. The minimum absolute atomic E-state index is 0.0392. The van der Waals surface area contributed by atoms with Crippen LogP contribution in [0.15, 0.2) is 78.9 Å². The van der Waals surface area contributed by atoms with Gasteiger partial charge in [0.05, 0.1) is 6.04 Å². The van der Waals surface area contributed by atoms with E-state index in [2.05, 4.69) is 35.6 Å². The normalized spacial score (nSPS) is 16.2. The Morgan fingerprint density at radius 1 is 1.00 bits per heavy atom. The molecule has 160 valence electrons. The SMILES string of the molecule is COCC(=O)N1Cc2ccccc2NCc2ccccc2OC[C@@H]1Cc1ccccc1. The predicted molar refractivity (Wildman–Crippen MR) is 122 cm³/mol. The largest absolute Gasteiger partial charge is 0.491 e. The second-order valence-corrected chi connectivity index (χ2v) is 7.73. The van der Waals surface area contributed by atoms with Crippen LogP contribution >= 0.6 is 0 Å². The average molecular weight is 417 g/mol.